The molecule has 5 rings (SSSR count). The Bertz CT molecular complexity index is 1270. The predicted octanol–water partition coefficient (Wildman–Crippen LogP) is 4.99. The van der Waals surface area contributed by atoms with E-state index in [0.717, 1.165) is 33.2 Å². The fraction of sp³-hybridized carbons (Fsp3) is 0.125. The first-order valence-corrected chi connectivity index (χ1v) is 9.81. The van der Waals surface area contributed by atoms with Crippen LogP contribution in [0.1, 0.15) is 5.56 Å². The van der Waals surface area contributed by atoms with E-state index < -0.39 is 0 Å². The molecular weight excluding hydrogens is 376 g/mol. The van der Waals surface area contributed by atoms with Crippen LogP contribution in [0, 0.1) is 0 Å². The van der Waals surface area contributed by atoms with Crippen LogP contribution in [0.3, 0.4) is 0 Å². The molecule has 148 valence electrons. The van der Waals surface area contributed by atoms with Crippen LogP contribution in [-0.2, 0) is 17.9 Å². The molecular formula is C24H20N4O2. The second kappa shape index (κ2) is 8.31. The van der Waals surface area contributed by atoms with Crippen molar-refractivity contribution >= 4 is 21.9 Å². The summed E-state index contributed by atoms with van der Waals surface area (Å²) in [5.41, 5.74) is 3.66. The smallest absolute Gasteiger partial charge is 0.248 e. The lowest BCUT2D eigenvalue weighted by Gasteiger charge is -2.10. The second-order valence-corrected chi connectivity index (χ2v) is 6.90. The Kier molecular flexibility index (Phi) is 5.06. The average molecular weight is 396 g/mol. The maximum absolute atomic E-state index is 6.07. The van der Waals surface area contributed by atoms with Gasteiger partial charge in [0.05, 0.1) is 30.6 Å². The Morgan fingerprint density at radius 1 is 0.900 bits per heavy atom. The average Bonchev–Trinajstić information content (AvgIpc) is 3.23. The number of hydrogen-bond donors (Lipinski definition) is 0. The highest BCUT2D eigenvalue weighted by molar-refractivity contribution is 6.04. The van der Waals surface area contributed by atoms with Crippen LogP contribution >= 0.6 is 0 Å². The normalized spacial score (nSPS) is 11.2. The molecule has 0 saturated heterocycles. The van der Waals surface area contributed by atoms with Crippen molar-refractivity contribution in [2.45, 2.75) is 13.2 Å². The number of ether oxygens (including phenoxy) is 2. The summed E-state index contributed by atoms with van der Waals surface area (Å²) < 4.78 is 14.0. The maximum Gasteiger partial charge on any atom is 0.248 e. The molecule has 0 aliphatic rings. The second-order valence-electron chi connectivity index (χ2n) is 6.90. The zero-order valence-electron chi connectivity index (χ0n) is 16.3. The largest absolute Gasteiger partial charge is 0.437 e. The first-order valence-electron chi connectivity index (χ1n) is 9.81. The summed E-state index contributed by atoms with van der Waals surface area (Å²) >= 11 is 0. The fourth-order valence-corrected chi connectivity index (χ4v) is 3.43. The highest BCUT2D eigenvalue weighted by Gasteiger charge is 2.15. The first kappa shape index (κ1) is 18.3. The lowest BCUT2D eigenvalue weighted by molar-refractivity contribution is 0.113. The number of para-hydroxylation sites is 2. The number of fused-ring (bicyclic) bond motifs is 3. The molecule has 30 heavy (non-hydrogen) atoms. The third-order valence-electron chi connectivity index (χ3n) is 4.85. The fourth-order valence-electron chi connectivity index (χ4n) is 3.43. The molecule has 0 spiro atoms. The Morgan fingerprint density at radius 3 is 2.63 bits per heavy atom. The molecule has 0 amide bonds. The van der Waals surface area contributed by atoms with E-state index in [-0.39, 0.29) is 0 Å². The van der Waals surface area contributed by atoms with Crippen molar-refractivity contribution in [3.8, 4) is 11.6 Å². The van der Waals surface area contributed by atoms with Crippen molar-refractivity contribution in [3.63, 3.8) is 0 Å². The standard InChI is InChI=1S/C24H20N4O2/c1-2-8-19(9-3-1)30-24-22-23(20-10-4-5-11-21(20)27-24)28(17-26-22)13-14-29-16-18-7-6-12-25-15-18/h1-12,15,17H,13-14,16H2. The van der Waals surface area contributed by atoms with E-state index in [0.29, 0.717) is 25.6 Å². The Morgan fingerprint density at radius 2 is 1.77 bits per heavy atom. The summed E-state index contributed by atoms with van der Waals surface area (Å²) in [5.74, 6) is 1.24. The van der Waals surface area contributed by atoms with Crippen LogP contribution in [0.2, 0.25) is 0 Å². The topological polar surface area (TPSA) is 62.1 Å². The Balaban J connectivity index is 1.44. The van der Waals surface area contributed by atoms with Gasteiger partial charge in [0.1, 0.15) is 5.75 Å². The molecule has 0 aliphatic heterocycles. The van der Waals surface area contributed by atoms with Gasteiger partial charge in [-0.1, -0.05) is 42.5 Å². The minimum atomic E-state index is 0.505. The summed E-state index contributed by atoms with van der Waals surface area (Å²) in [5, 5.41) is 1.04. The van der Waals surface area contributed by atoms with E-state index in [4.69, 9.17) is 14.5 Å². The summed E-state index contributed by atoms with van der Waals surface area (Å²) in [6.45, 7) is 1.77. The summed E-state index contributed by atoms with van der Waals surface area (Å²) in [6.07, 6.45) is 5.40. The molecule has 0 aliphatic carbocycles. The highest BCUT2D eigenvalue weighted by atomic mass is 16.5. The molecule has 0 N–H and O–H groups in total. The molecule has 0 radical (unpaired) electrons. The lowest BCUT2D eigenvalue weighted by Crippen LogP contribution is -2.05. The van der Waals surface area contributed by atoms with Crippen molar-refractivity contribution in [3.05, 3.63) is 91.0 Å². The molecule has 0 saturated carbocycles. The van der Waals surface area contributed by atoms with Crippen LogP contribution in [-0.4, -0.2) is 26.1 Å². The van der Waals surface area contributed by atoms with Gasteiger partial charge in [-0.05, 0) is 29.8 Å². The van der Waals surface area contributed by atoms with Crippen LogP contribution < -0.4 is 4.74 Å². The Labute approximate surface area is 173 Å². The van der Waals surface area contributed by atoms with Gasteiger partial charge in [0.15, 0.2) is 5.52 Å². The van der Waals surface area contributed by atoms with Gasteiger partial charge in [-0.2, -0.15) is 0 Å². The van der Waals surface area contributed by atoms with Gasteiger partial charge in [0, 0.05) is 24.3 Å². The molecule has 3 heterocycles. The van der Waals surface area contributed by atoms with Gasteiger partial charge in [-0.3, -0.25) is 4.98 Å². The van der Waals surface area contributed by atoms with Gasteiger partial charge in [0.25, 0.3) is 0 Å². The van der Waals surface area contributed by atoms with Crippen LogP contribution in [0.5, 0.6) is 11.6 Å². The minimum absolute atomic E-state index is 0.505. The third kappa shape index (κ3) is 3.73. The van der Waals surface area contributed by atoms with E-state index in [9.17, 15) is 0 Å². The highest BCUT2D eigenvalue weighted by Crippen LogP contribution is 2.32. The Hall–Kier alpha value is -3.77. The van der Waals surface area contributed by atoms with Crippen molar-refractivity contribution < 1.29 is 9.47 Å². The third-order valence-corrected chi connectivity index (χ3v) is 4.85. The number of benzene rings is 2. The molecule has 0 bridgehead atoms. The molecule has 0 unspecified atom stereocenters. The number of pyridine rings is 2. The minimum Gasteiger partial charge on any atom is -0.437 e. The zero-order valence-corrected chi connectivity index (χ0v) is 16.3. The van der Waals surface area contributed by atoms with Gasteiger partial charge >= 0.3 is 0 Å². The van der Waals surface area contributed by atoms with Gasteiger partial charge in [0.2, 0.25) is 5.88 Å². The van der Waals surface area contributed by atoms with E-state index in [1.54, 1.807) is 6.20 Å². The van der Waals surface area contributed by atoms with E-state index in [2.05, 4.69) is 20.6 Å². The summed E-state index contributed by atoms with van der Waals surface area (Å²) in [6, 6.07) is 21.6. The number of nitrogens with zero attached hydrogens (tertiary/aromatic N) is 4. The first-order chi connectivity index (χ1) is 14.9. The number of rotatable bonds is 7. The number of imidazole rings is 1. The molecule has 6 heteroatoms. The maximum atomic E-state index is 6.07. The van der Waals surface area contributed by atoms with E-state index >= 15 is 0 Å². The van der Waals surface area contributed by atoms with Crippen molar-refractivity contribution in [1.82, 2.24) is 19.5 Å². The van der Waals surface area contributed by atoms with Gasteiger partial charge in [-0.15, -0.1) is 0 Å². The van der Waals surface area contributed by atoms with Crippen LogP contribution in [0.15, 0.2) is 85.5 Å². The monoisotopic (exact) mass is 396 g/mol. The molecule has 0 atom stereocenters. The number of hydrogen-bond acceptors (Lipinski definition) is 5. The van der Waals surface area contributed by atoms with Crippen LogP contribution in [0.25, 0.3) is 21.9 Å². The number of aromatic nitrogens is 4. The van der Waals surface area contributed by atoms with Gasteiger partial charge in [-0.25, -0.2) is 9.97 Å². The quantitative estimate of drug-likeness (QED) is 0.363. The van der Waals surface area contributed by atoms with Crippen molar-refractivity contribution in [2.75, 3.05) is 6.61 Å². The van der Waals surface area contributed by atoms with Crippen molar-refractivity contribution in [2.24, 2.45) is 0 Å². The molecule has 0 fully saturated rings. The summed E-state index contributed by atoms with van der Waals surface area (Å²) in [7, 11) is 0. The molecule has 2 aromatic carbocycles. The molecule has 3 aromatic heterocycles. The molecule has 5 aromatic rings. The summed E-state index contributed by atoms with van der Waals surface area (Å²) in [4.78, 5) is 13.4. The zero-order chi connectivity index (χ0) is 20.2. The van der Waals surface area contributed by atoms with E-state index in [1.807, 2.05) is 73.2 Å². The van der Waals surface area contributed by atoms with E-state index in [1.165, 1.54) is 0 Å². The predicted molar refractivity (Wildman–Crippen MR) is 115 cm³/mol. The lowest BCUT2D eigenvalue weighted by atomic mass is 10.2. The van der Waals surface area contributed by atoms with Crippen molar-refractivity contribution in [1.29, 1.82) is 0 Å². The SMILES string of the molecule is c1ccc(Oc2nc3ccccc3c3c2ncn3CCOCc2cccnc2)cc1. The molecule has 6 nitrogen and oxygen atoms in total. The van der Waals surface area contributed by atoms with Gasteiger partial charge < -0.3 is 14.0 Å². The van der Waals surface area contributed by atoms with Crippen LogP contribution in [0.4, 0.5) is 0 Å².